The Labute approximate surface area is 150 Å². The first-order valence-corrected chi connectivity index (χ1v) is 7.95. The average molecular weight is 348 g/mol. The third-order valence-corrected chi connectivity index (χ3v) is 3.77. The SMILES string of the molecule is O=C(/C=C/c1ccccc1[N+](=O)[O-])N(Cc1ccco1)c1ccccc1. The third-order valence-electron chi connectivity index (χ3n) is 3.77. The van der Waals surface area contributed by atoms with Crippen molar-refractivity contribution in [2.75, 3.05) is 4.90 Å². The van der Waals surface area contributed by atoms with E-state index in [0.29, 0.717) is 17.0 Å². The second-order valence-electron chi connectivity index (χ2n) is 5.49. The van der Waals surface area contributed by atoms with E-state index in [-0.39, 0.29) is 18.1 Å². The Morgan fingerprint density at radius 1 is 1.04 bits per heavy atom. The Kier molecular flexibility index (Phi) is 5.24. The molecule has 0 spiro atoms. The van der Waals surface area contributed by atoms with Crippen LogP contribution < -0.4 is 4.90 Å². The molecule has 6 heteroatoms. The van der Waals surface area contributed by atoms with Crippen LogP contribution in [0.25, 0.3) is 6.08 Å². The van der Waals surface area contributed by atoms with Crippen molar-refractivity contribution in [3.05, 3.63) is 101 Å². The zero-order chi connectivity index (χ0) is 18.4. The third kappa shape index (κ3) is 4.05. The number of rotatable bonds is 6. The largest absolute Gasteiger partial charge is 0.467 e. The molecule has 0 aliphatic rings. The van der Waals surface area contributed by atoms with Gasteiger partial charge in [-0.3, -0.25) is 14.9 Å². The molecule has 0 aliphatic heterocycles. The quantitative estimate of drug-likeness (QED) is 0.375. The Bertz CT molecular complexity index is 918. The van der Waals surface area contributed by atoms with Crippen molar-refractivity contribution in [3.8, 4) is 0 Å². The Morgan fingerprint density at radius 3 is 2.46 bits per heavy atom. The van der Waals surface area contributed by atoms with E-state index in [1.807, 2.05) is 30.3 Å². The van der Waals surface area contributed by atoms with Gasteiger partial charge in [0, 0.05) is 17.8 Å². The van der Waals surface area contributed by atoms with Gasteiger partial charge in [0.05, 0.1) is 23.3 Å². The monoisotopic (exact) mass is 348 g/mol. The van der Waals surface area contributed by atoms with Gasteiger partial charge in [-0.1, -0.05) is 30.3 Å². The maximum absolute atomic E-state index is 12.8. The Morgan fingerprint density at radius 2 is 1.77 bits per heavy atom. The smallest absolute Gasteiger partial charge is 0.276 e. The van der Waals surface area contributed by atoms with Crippen LogP contribution in [0.15, 0.2) is 83.5 Å². The molecule has 0 radical (unpaired) electrons. The van der Waals surface area contributed by atoms with Gasteiger partial charge >= 0.3 is 0 Å². The number of nitrogens with zero attached hydrogens (tertiary/aromatic N) is 2. The zero-order valence-corrected chi connectivity index (χ0v) is 13.8. The van der Waals surface area contributed by atoms with Crippen LogP contribution in [0.3, 0.4) is 0 Å². The fraction of sp³-hybridized carbons (Fsp3) is 0.0500. The number of furan rings is 1. The van der Waals surface area contributed by atoms with Gasteiger partial charge in [0.1, 0.15) is 5.76 Å². The van der Waals surface area contributed by atoms with Crippen LogP contribution >= 0.6 is 0 Å². The summed E-state index contributed by atoms with van der Waals surface area (Å²) in [5.41, 5.74) is 1.03. The molecule has 2 aromatic carbocycles. The minimum atomic E-state index is -0.470. The summed E-state index contributed by atoms with van der Waals surface area (Å²) in [6.07, 6.45) is 4.34. The van der Waals surface area contributed by atoms with E-state index in [0.717, 1.165) is 0 Å². The van der Waals surface area contributed by atoms with Gasteiger partial charge in [-0.05, 0) is 36.4 Å². The summed E-state index contributed by atoms with van der Waals surface area (Å²) in [7, 11) is 0. The molecule has 0 N–H and O–H groups in total. The van der Waals surface area contributed by atoms with Gasteiger partial charge in [-0.15, -0.1) is 0 Å². The minimum absolute atomic E-state index is 0.0474. The second kappa shape index (κ2) is 7.94. The Balaban J connectivity index is 1.87. The van der Waals surface area contributed by atoms with Crippen LogP contribution in [0.5, 0.6) is 0 Å². The molecule has 3 rings (SSSR count). The summed E-state index contributed by atoms with van der Waals surface area (Å²) in [6.45, 7) is 0.261. The predicted octanol–water partition coefficient (Wildman–Crippen LogP) is 4.43. The average Bonchev–Trinajstić information content (AvgIpc) is 3.18. The predicted molar refractivity (Wildman–Crippen MR) is 98.5 cm³/mol. The number of hydrogen-bond donors (Lipinski definition) is 0. The standard InChI is InChI=1S/C20H16N2O4/c23-20(13-12-16-7-4-5-11-19(16)22(24)25)21(15-18-10-6-14-26-18)17-8-2-1-3-9-17/h1-14H,15H2/b13-12+. The molecule has 0 unspecified atom stereocenters. The van der Waals surface area contributed by atoms with E-state index >= 15 is 0 Å². The van der Waals surface area contributed by atoms with Gasteiger partial charge in [-0.25, -0.2) is 0 Å². The maximum Gasteiger partial charge on any atom is 0.276 e. The zero-order valence-electron chi connectivity index (χ0n) is 13.8. The number of hydrogen-bond acceptors (Lipinski definition) is 4. The van der Waals surface area contributed by atoms with Crippen molar-refractivity contribution >= 4 is 23.4 Å². The van der Waals surface area contributed by atoms with E-state index in [4.69, 9.17) is 4.42 Å². The van der Waals surface area contributed by atoms with Gasteiger partial charge < -0.3 is 9.32 Å². The molecule has 0 bridgehead atoms. The number of nitro groups is 1. The number of anilines is 1. The van der Waals surface area contributed by atoms with Gasteiger partial charge in [-0.2, -0.15) is 0 Å². The van der Waals surface area contributed by atoms with Gasteiger partial charge in [0.25, 0.3) is 11.6 Å². The summed E-state index contributed by atoms with van der Waals surface area (Å²) >= 11 is 0. The van der Waals surface area contributed by atoms with Crippen LogP contribution in [-0.4, -0.2) is 10.8 Å². The second-order valence-corrected chi connectivity index (χ2v) is 5.49. The molecule has 0 saturated heterocycles. The highest BCUT2D eigenvalue weighted by Gasteiger charge is 2.16. The summed E-state index contributed by atoms with van der Waals surface area (Å²) in [6, 6.07) is 19.0. The maximum atomic E-state index is 12.8. The number of benzene rings is 2. The highest BCUT2D eigenvalue weighted by molar-refractivity contribution is 6.03. The highest BCUT2D eigenvalue weighted by Crippen LogP contribution is 2.21. The summed E-state index contributed by atoms with van der Waals surface area (Å²) in [4.78, 5) is 24.9. The molecule has 1 aromatic heterocycles. The molecular weight excluding hydrogens is 332 g/mol. The molecule has 0 fully saturated rings. The molecule has 130 valence electrons. The van der Waals surface area contributed by atoms with E-state index in [1.165, 1.54) is 18.2 Å². The van der Waals surface area contributed by atoms with Crippen LogP contribution in [0.1, 0.15) is 11.3 Å². The summed E-state index contributed by atoms with van der Waals surface area (Å²) < 4.78 is 5.34. The van der Waals surface area contributed by atoms with E-state index in [9.17, 15) is 14.9 Å². The van der Waals surface area contributed by atoms with Gasteiger partial charge in [0.2, 0.25) is 0 Å². The lowest BCUT2D eigenvalue weighted by atomic mass is 10.1. The Hall–Kier alpha value is -3.67. The molecule has 3 aromatic rings. The lowest BCUT2D eigenvalue weighted by Gasteiger charge is -2.20. The topological polar surface area (TPSA) is 76.6 Å². The highest BCUT2D eigenvalue weighted by atomic mass is 16.6. The lowest BCUT2D eigenvalue weighted by molar-refractivity contribution is -0.385. The van der Waals surface area contributed by atoms with Crippen molar-refractivity contribution < 1.29 is 14.1 Å². The first-order valence-electron chi connectivity index (χ1n) is 7.95. The molecule has 26 heavy (non-hydrogen) atoms. The fourth-order valence-electron chi connectivity index (χ4n) is 2.51. The molecule has 6 nitrogen and oxygen atoms in total. The number of para-hydroxylation sites is 2. The van der Waals surface area contributed by atoms with E-state index < -0.39 is 4.92 Å². The van der Waals surface area contributed by atoms with Crippen LogP contribution in [0.2, 0.25) is 0 Å². The van der Waals surface area contributed by atoms with E-state index in [1.54, 1.807) is 41.5 Å². The first kappa shape index (κ1) is 17.2. The summed E-state index contributed by atoms with van der Waals surface area (Å²) in [5, 5.41) is 11.1. The first-order chi connectivity index (χ1) is 12.6. The molecular formula is C20H16N2O4. The fourth-order valence-corrected chi connectivity index (χ4v) is 2.51. The number of amides is 1. The summed E-state index contributed by atoms with van der Waals surface area (Å²) in [5.74, 6) is 0.340. The van der Waals surface area contributed by atoms with Crippen molar-refractivity contribution in [1.29, 1.82) is 0 Å². The molecule has 1 heterocycles. The minimum Gasteiger partial charge on any atom is -0.467 e. The molecule has 0 aliphatic carbocycles. The van der Waals surface area contributed by atoms with Crippen molar-refractivity contribution in [3.63, 3.8) is 0 Å². The van der Waals surface area contributed by atoms with Crippen molar-refractivity contribution in [2.24, 2.45) is 0 Å². The normalized spacial score (nSPS) is 10.8. The number of carbonyl (C=O) groups is 1. The van der Waals surface area contributed by atoms with Crippen LogP contribution in [0.4, 0.5) is 11.4 Å². The van der Waals surface area contributed by atoms with Crippen LogP contribution in [0, 0.1) is 10.1 Å². The number of carbonyl (C=O) groups excluding carboxylic acids is 1. The lowest BCUT2D eigenvalue weighted by Crippen LogP contribution is -2.28. The number of nitro benzene ring substituents is 1. The van der Waals surface area contributed by atoms with Crippen LogP contribution in [-0.2, 0) is 11.3 Å². The molecule has 0 atom stereocenters. The molecule has 0 saturated carbocycles. The molecule has 1 amide bonds. The van der Waals surface area contributed by atoms with E-state index in [2.05, 4.69) is 0 Å². The van der Waals surface area contributed by atoms with Crippen molar-refractivity contribution in [1.82, 2.24) is 0 Å². The van der Waals surface area contributed by atoms with Crippen molar-refractivity contribution in [2.45, 2.75) is 6.54 Å². The van der Waals surface area contributed by atoms with Gasteiger partial charge in [0.15, 0.2) is 0 Å².